The van der Waals surface area contributed by atoms with E-state index in [0.29, 0.717) is 11.5 Å². The lowest BCUT2D eigenvalue weighted by Gasteiger charge is -2.04. The molecular weight excluding hydrogens is 205 g/mol. The zero-order valence-corrected chi connectivity index (χ0v) is 9.00. The molecule has 16 heavy (non-hydrogen) atoms. The van der Waals surface area contributed by atoms with Gasteiger partial charge in [0.15, 0.2) is 0 Å². The van der Waals surface area contributed by atoms with Crippen molar-refractivity contribution >= 4 is 5.91 Å². The zero-order chi connectivity index (χ0) is 11.2. The van der Waals surface area contributed by atoms with E-state index in [1.165, 1.54) is 25.0 Å². The molecule has 0 aliphatic heterocycles. The molecule has 1 spiro atoms. The van der Waals surface area contributed by atoms with Gasteiger partial charge in [-0.2, -0.15) is 0 Å². The van der Waals surface area contributed by atoms with Gasteiger partial charge < -0.3 is 5.32 Å². The van der Waals surface area contributed by atoms with Gasteiger partial charge in [0.05, 0.1) is 6.42 Å². The Bertz CT molecular complexity index is 439. The number of hydrogen-bond acceptors (Lipinski definition) is 1. The van der Waals surface area contributed by atoms with Crippen LogP contribution < -0.4 is 5.32 Å². The molecule has 2 aliphatic rings. The molecule has 1 N–H and O–H groups in total. The zero-order valence-electron chi connectivity index (χ0n) is 9.00. The summed E-state index contributed by atoms with van der Waals surface area (Å²) in [5.74, 6) is -0.269. The van der Waals surface area contributed by atoms with Crippen molar-refractivity contribution in [1.82, 2.24) is 5.32 Å². The number of nitrogens with one attached hydrogen (secondary N) is 1. The smallest absolute Gasteiger partial charge is 0.224 e. The van der Waals surface area contributed by atoms with Crippen LogP contribution in [0.5, 0.6) is 0 Å². The molecule has 1 aromatic carbocycles. The number of halogens is 1. The van der Waals surface area contributed by atoms with Crippen LogP contribution in [-0.2, 0) is 11.2 Å². The quantitative estimate of drug-likeness (QED) is 0.828. The number of carbonyl (C=O) groups is 1. The predicted octanol–water partition coefficient (Wildman–Crippen LogP) is 2.04. The van der Waals surface area contributed by atoms with Gasteiger partial charge in [-0.15, -0.1) is 0 Å². The van der Waals surface area contributed by atoms with E-state index in [1.807, 2.05) is 0 Å². The molecule has 2 fully saturated rings. The minimum atomic E-state index is -0.282. The SMILES string of the molecule is O=C(Cc1cccc(F)c1)NC1CC12CC2. The van der Waals surface area contributed by atoms with Crippen LogP contribution in [0.3, 0.4) is 0 Å². The Kier molecular flexibility index (Phi) is 2.03. The molecule has 1 atom stereocenters. The fraction of sp³-hybridized carbons (Fsp3) is 0.462. The van der Waals surface area contributed by atoms with Gasteiger partial charge in [-0.3, -0.25) is 4.79 Å². The average Bonchev–Trinajstić information content (AvgIpc) is 3.09. The van der Waals surface area contributed by atoms with Crippen LogP contribution in [0.1, 0.15) is 24.8 Å². The first-order valence-corrected chi connectivity index (χ1v) is 5.72. The van der Waals surface area contributed by atoms with Gasteiger partial charge in [-0.25, -0.2) is 4.39 Å². The molecule has 0 saturated heterocycles. The molecule has 3 heteroatoms. The van der Waals surface area contributed by atoms with E-state index in [4.69, 9.17) is 0 Å². The molecule has 84 valence electrons. The second-order valence-electron chi connectivity index (χ2n) is 4.99. The van der Waals surface area contributed by atoms with Crippen molar-refractivity contribution in [3.05, 3.63) is 35.6 Å². The van der Waals surface area contributed by atoms with Gasteiger partial charge in [0.1, 0.15) is 5.82 Å². The van der Waals surface area contributed by atoms with Crippen LogP contribution in [0.15, 0.2) is 24.3 Å². The molecule has 2 aliphatic carbocycles. The maximum atomic E-state index is 12.9. The summed E-state index contributed by atoms with van der Waals surface area (Å²) in [5, 5.41) is 3.01. The standard InChI is InChI=1S/C13H14FNO/c14-10-3-1-2-9(6-10)7-12(16)15-11-8-13(11)4-5-13/h1-3,6,11H,4-5,7-8H2,(H,15,16). The Morgan fingerprint density at radius 3 is 2.94 bits per heavy atom. The van der Waals surface area contributed by atoms with Gasteiger partial charge in [-0.1, -0.05) is 12.1 Å². The highest BCUT2D eigenvalue weighted by molar-refractivity contribution is 5.79. The van der Waals surface area contributed by atoms with Crippen molar-refractivity contribution < 1.29 is 9.18 Å². The summed E-state index contributed by atoms with van der Waals surface area (Å²) < 4.78 is 12.9. The van der Waals surface area contributed by atoms with E-state index in [2.05, 4.69) is 5.32 Å². The molecule has 1 amide bonds. The van der Waals surface area contributed by atoms with Crippen LogP contribution in [0.2, 0.25) is 0 Å². The first-order valence-electron chi connectivity index (χ1n) is 5.72. The van der Waals surface area contributed by atoms with Crippen molar-refractivity contribution in [3.63, 3.8) is 0 Å². The second kappa shape index (κ2) is 3.30. The predicted molar refractivity (Wildman–Crippen MR) is 58.3 cm³/mol. The van der Waals surface area contributed by atoms with Crippen LogP contribution >= 0.6 is 0 Å². The van der Waals surface area contributed by atoms with Crippen molar-refractivity contribution in [2.24, 2.45) is 5.41 Å². The van der Waals surface area contributed by atoms with Gasteiger partial charge >= 0.3 is 0 Å². The molecule has 0 radical (unpaired) electrons. The molecule has 1 unspecified atom stereocenters. The largest absolute Gasteiger partial charge is 0.353 e. The van der Waals surface area contributed by atoms with Crippen LogP contribution in [0.4, 0.5) is 4.39 Å². The van der Waals surface area contributed by atoms with E-state index < -0.39 is 0 Å². The van der Waals surface area contributed by atoms with Crippen molar-refractivity contribution in [2.75, 3.05) is 0 Å². The number of benzene rings is 1. The van der Waals surface area contributed by atoms with E-state index in [1.54, 1.807) is 12.1 Å². The Balaban J connectivity index is 1.56. The minimum Gasteiger partial charge on any atom is -0.353 e. The van der Waals surface area contributed by atoms with Gasteiger partial charge in [-0.05, 0) is 42.4 Å². The number of carbonyl (C=O) groups excluding carboxylic acids is 1. The third-order valence-corrected chi connectivity index (χ3v) is 3.67. The topological polar surface area (TPSA) is 29.1 Å². The number of rotatable bonds is 3. The lowest BCUT2D eigenvalue weighted by atomic mass is 10.1. The molecule has 0 aromatic heterocycles. The Hall–Kier alpha value is -1.38. The fourth-order valence-corrected chi connectivity index (χ4v) is 2.34. The Labute approximate surface area is 93.9 Å². The summed E-state index contributed by atoms with van der Waals surface area (Å²) in [6.07, 6.45) is 3.95. The summed E-state index contributed by atoms with van der Waals surface area (Å²) in [6.45, 7) is 0. The maximum Gasteiger partial charge on any atom is 0.224 e. The van der Waals surface area contributed by atoms with Gasteiger partial charge in [0.2, 0.25) is 5.91 Å². The van der Waals surface area contributed by atoms with Crippen LogP contribution in [0, 0.1) is 11.2 Å². The lowest BCUT2D eigenvalue weighted by Crippen LogP contribution is -2.28. The van der Waals surface area contributed by atoms with Gasteiger partial charge in [0, 0.05) is 6.04 Å². The van der Waals surface area contributed by atoms with Crippen LogP contribution in [-0.4, -0.2) is 11.9 Å². The first kappa shape index (κ1) is 9.82. The number of amides is 1. The fourth-order valence-electron chi connectivity index (χ4n) is 2.34. The normalized spacial score (nSPS) is 24.2. The first-order chi connectivity index (χ1) is 7.68. The minimum absolute atomic E-state index is 0.0133. The lowest BCUT2D eigenvalue weighted by molar-refractivity contribution is -0.120. The van der Waals surface area contributed by atoms with E-state index in [0.717, 1.165) is 12.0 Å². The highest BCUT2D eigenvalue weighted by Gasteiger charge is 2.63. The molecule has 2 saturated carbocycles. The summed E-state index contributed by atoms with van der Waals surface area (Å²) in [6, 6.07) is 6.62. The van der Waals surface area contributed by atoms with Crippen LogP contribution in [0.25, 0.3) is 0 Å². The number of hydrogen-bond donors (Lipinski definition) is 1. The summed E-state index contributed by atoms with van der Waals surface area (Å²) in [7, 11) is 0. The summed E-state index contributed by atoms with van der Waals surface area (Å²) in [4.78, 5) is 11.7. The highest BCUT2D eigenvalue weighted by atomic mass is 19.1. The maximum absolute atomic E-state index is 12.9. The molecule has 3 rings (SSSR count). The molecule has 1 aromatic rings. The Morgan fingerprint density at radius 2 is 2.31 bits per heavy atom. The monoisotopic (exact) mass is 219 g/mol. The van der Waals surface area contributed by atoms with E-state index in [-0.39, 0.29) is 18.1 Å². The summed E-state index contributed by atoms with van der Waals surface area (Å²) in [5.41, 5.74) is 1.22. The third-order valence-electron chi connectivity index (χ3n) is 3.67. The molecule has 2 nitrogen and oxygen atoms in total. The second-order valence-corrected chi connectivity index (χ2v) is 4.99. The molecular formula is C13H14FNO. The Morgan fingerprint density at radius 1 is 1.50 bits per heavy atom. The van der Waals surface area contributed by atoms with Crippen molar-refractivity contribution in [2.45, 2.75) is 31.7 Å². The van der Waals surface area contributed by atoms with E-state index >= 15 is 0 Å². The van der Waals surface area contributed by atoms with E-state index in [9.17, 15) is 9.18 Å². The molecule has 0 bridgehead atoms. The van der Waals surface area contributed by atoms with Crippen molar-refractivity contribution in [3.8, 4) is 0 Å². The third kappa shape index (κ3) is 1.82. The summed E-state index contributed by atoms with van der Waals surface area (Å²) >= 11 is 0. The van der Waals surface area contributed by atoms with Crippen molar-refractivity contribution in [1.29, 1.82) is 0 Å². The molecule has 0 heterocycles. The average molecular weight is 219 g/mol. The van der Waals surface area contributed by atoms with Gasteiger partial charge in [0.25, 0.3) is 0 Å². The highest BCUT2D eigenvalue weighted by Crippen LogP contribution is 2.65.